The number of fused-ring (bicyclic) bond motifs is 1. The Morgan fingerprint density at radius 3 is 2.43 bits per heavy atom. The molecule has 8 heteroatoms. The number of nitrogens with zero attached hydrogens (tertiary/aromatic N) is 2. The van der Waals surface area contributed by atoms with Gasteiger partial charge in [0, 0.05) is 11.1 Å². The Kier molecular flexibility index (Phi) is 5.74. The van der Waals surface area contributed by atoms with Gasteiger partial charge in [0.25, 0.3) is 5.78 Å². The number of thiazole rings is 1. The number of hydrogen-bond donors (Lipinski definition) is 1. The molecule has 0 bridgehead atoms. The summed E-state index contributed by atoms with van der Waals surface area (Å²) in [5.41, 5.74) is 2.61. The van der Waals surface area contributed by atoms with E-state index in [2.05, 4.69) is 4.98 Å². The Morgan fingerprint density at radius 1 is 1.00 bits per heavy atom. The number of methoxy groups -OCH3 is 2. The number of carbonyl (C=O) groups excluding carboxylic acids is 2. The molecule has 1 aliphatic rings. The number of ketones is 1. The molecule has 7 nitrogen and oxygen atoms in total. The molecule has 1 unspecified atom stereocenters. The summed E-state index contributed by atoms with van der Waals surface area (Å²) in [6.07, 6.45) is 0. The minimum atomic E-state index is -0.970. The molecule has 1 saturated heterocycles. The lowest BCUT2D eigenvalue weighted by Gasteiger charge is -2.25. The van der Waals surface area contributed by atoms with Crippen molar-refractivity contribution in [1.82, 2.24) is 4.98 Å². The monoisotopic (exact) mass is 486 g/mol. The number of aliphatic hydroxyl groups excluding tert-OH is 1. The predicted molar refractivity (Wildman–Crippen MR) is 135 cm³/mol. The van der Waals surface area contributed by atoms with Gasteiger partial charge < -0.3 is 14.6 Å². The van der Waals surface area contributed by atoms with Gasteiger partial charge in [-0.2, -0.15) is 0 Å². The molecule has 1 aliphatic heterocycles. The third-order valence-corrected chi connectivity index (χ3v) is 7.03. The Balaban J connectivity index is 1.78. The van der Waals surface area contributed by atoms with Crippen molar-refractivity contribution in [3.8, 4) is 11.5 Å². The van der Waals surface area contributed by atoms with Gasteiger partial charge in [-0.3, -0.25) is 14.5 Å². The summed E-state index contributed by atoms with van der Waals surface area (Å²) in [4.78, 5) is 32.8. The number of amides is 1. The third kappa shape index (κ3) is 3.81. The van der Waals surface area contributed by atoms with Crippen LogP contribution in [-0.2, 0) is 9.59 Å². The lowest BCUT2D eigenvalue weighted by Crippen LogP contribution is -2.29. The molecule has 1 amide bonds. The third-order valence-electron chi connectivity index (χ3n) is 5.99. The van der Waals surface area contributed by atoms with E-state index in [1.807, 2.05) is 43.3 Å². The highest BCUT2D eigenvalue weighted by Gasteiger charge is 2.49. The molecule has 35 heavy (non-hydrogen) atoms. The summed E-state index contributed by atoms with van der Waals surface area (Å²) >= 11 is 1.30. The number of aryl methyl sites for hydroxylation is 1. The van der Waals surface area contributed by atoms with Crippen LogP contribution in [0.4, 0.5) is 5.13 Å². The number of para-hydroxylation sites is 1. The fourth-order valence-corrected chi connectivity index (χ4v) is 5.20. The van der Waals surface area contributed by atoms with E-state index in [0.717, 1.165) is 10.3 Å². The molecule has 5 rings (SSSR count). The zero-order valence-electron chi connectivity index (χ0n) is 19.3. The first-order valence-corrected chi connectivity index (χ1v) is 11.7. The number of ether oxygens (including phenoxy) is 2. The van der Waals surface area contributed by atoms with Crippen LogP contribution in [0.15, 0.2) is 72.3 Å². The first kappa shape index (κ1) is 22.6. The van der Waals surface area contributed by atoms with Gasteiger partial charge in [-0.1, -0.05) is 53.3 Å². The fraction of sp³-hybridized carbons (Fsp3) is 0.148. The fourth-order valence-electron chi connectivity index (χ4n) is 4.21. The molecule has 4 aromatic rings. The van der Waals surface area contributed by atoms with Gasteiger partial charge in [0.15, 0.2) is 5.13 Å². The van der Waals surface area contributed by atoms with Crippen LogP contribution in [0.1, 0.15) is 22.7 Å². The highest BCUT2D eigenvalue weighted by Crippen LogP contribution is 2.47. The van der Waals surface area contributed by atoms with Crippen molar-refractivity contribution >= 4 is 44.1 Å². The second-order valence-corrected chi connectivity index (χ2v) is 9.12. The van der Waals surface area contributed by atoms with E-state index in [4.69, 9.17) is 9.47 Å². The van der Waals surface area contributed by atoms with E-state index in [9.17, 15) is 14.7 Å². The van der Waals surface area contributed by atoms with E-state index in [0.29, 0.717) is 33.3 Å². The second-order valence-electron chi connectivity index (χ2n) is 8.11. The molecule has 3 aromatic carbocycles. The lowest BCUT2D eigenvalue weighted by atomic mass is 9.94. The van der Waals surface area contributed by atoms with Crippen LogP contribution in [0.25, 0.3) is 16.0 Å². The molecule has 0 aliphatic carbocycles. The molecule has 0 spiro atoms. The van der Waals surface area contributed by atoms with Crippen LogP contribution in [0.3, 0.4) is 0 Å². The van der Waals surface area contributed by atoms with Crippen LogP contribution < -0.4 is 14.4 Å². The van der Waals surface area contributed by atoms with Crippen molar-refractivity contribution in [3.63, 3.8) is 0 Å². The summed E-state index contributed by atoms with van der Waals surface area (Å²) in [7, 11) is 3.04. The first-order valence-electron chi connectivity index (χ1n) is 10.9. The minimum absolute atomic E-state index is 0.0373. The summed E-state index contributed by atoms with van der Waals surface area (Å²) in [6, 6.07) is 18.8. The first-order chi connectivity index (χ1) is 16.9. The summed E-state index contributed by atoms with van der Waals surface area (Å²) in [5.74, 6) is -0.865. The minimum Gasteiger partial charge on any atom is -0.507 e. The van der Waals surface area contributed by atoms with E-state index in [1.54, 1.807) is 30.3 Å². The predicted octanol–water partition coefficient (Wildman–Crippen LogP) is 5.25. The van der Waals surface area contributed by atoms with Gasteiger partial charge in [-0.15, -0.1) is 0 Å². The number of rotatable bonds is 5. The molecule has 2 heterocycles. The molecule has 0 saturated carbocycles. The average Bonchev–Trinajstić information content (AvgIpc) is 3.42. The molecule has 0 radical (unpaired) electrons. The molecule has 1 aromatic heterocycles. The van der Waals surface area contributed by atoms with Crippen molar-refractivity contribution in [2.24, 2.45) is 0 Å². The van der Waals surface area contributed by atoms with Crippen LogP contribution in [0, 0.1) is 6.92 Å². The van der Waals surface area contributed by atoms with Crippen LogP contribution in [-0.4, -0.2) is 36.0 Å². The Hall–Kier alpha value is -4.17. The number of hydrogen-bond acceptors (Lipinski definition) is 7. The Labute approximate surface area is 205 Å². The van der Waals surface area contributed by atoms with Crippen LogP contribution in [0.2, 0.25) is 0 Å². The zero-order valence-corrected chi connectivity index (χ0v) is 20.1. The van der Waals surface area contributed by atoms with Crippen molar-refractivity contribution in [2.45, 2.75) is 13.0 Å². The maximum Gasteiger partial charge on any atom is 0.301 e. The normalized spacial score (nSPS) is 17.2. The van der Waals surface area contributed by atoms with Crippen molar-refractivity contribution in [1.29, 1.82) is 0 Å². The number of carbonyl (C=O) groups is 2. The number of anilines is 1. The summed E-state index contributed by atoms with van der Waals surface area (Å²) in [5, 5.41) is 11.7. The molecule has 1 fully saturated rings. The molecule has 176 valence electrons. The standard InChI is InChI=1S/C27H22N2O5S/c1-15-8-10-16(11-9-15)24(30)22-23(18-14-17(33-2)12-13-20(18)34-3)29(26(32)25(22)31)27-28-19-6-4-5-7-21(19)35-27/h4-14,23,30H,1-3H3/b24-22-. The Bertz CT molecular complexity index is 1460. The molecular formula is C27H22N2O5S. The van der Waals surface area contributed by atoms with Crippen LogP contribution in [0.5, 0.6) is 11.5 Å². The van der Waals surface area contributed by atoms with Gasteiger partial charge >= 0.3 is 5.91 Å². The largest absolute Gasteiger partial charge is 0.507 e. The maximum absolute atomic E-state index is 13.4. The van der Waals surface area contributed by atoms with Gasteiger partial charge in [0.05, 0.1) is 30.0 Å². The number of benzene rings is 3. The molecular weight excluding hydrogens is 464 g/mol. The smallest absolute Gasteiger partial charge is 0.301 e. The van der Waals surface area contributed by atoms with Crippen molar-refractivity contribution in [2.75, 3.05) is 19.1 Å². The highest BCUT2D eigenvalue weighted by atomic mass is 32.1. The van der Waals surface area contributed by atoms with Gasteiger partial charge in [-0.25, -0.2) is 4.98 Å². The second kappa shape index (κ2) is 8.88. The SMILES string of the molecule is COc1ccc(OC)c(C2/C(=C(/O)c3ccc(C)cc3)C(=O)C(=O)N2c2nc3ccccc3s2)c1. The number of aromatic nitrogens is 1. The van der Waals surface area contributed by atoms with E-state index >= 15 is 0 Å². The number of Topliss-reactive ketones (excluding diaryl/α,β-unsaturated/α-hetero) is 1. The van der Waals surface area contributed by atoms with E-state index in [-0.39, 0.29) is 11.3 Å². The summed E-state index contributed by atoms with van der Waals surface area (Å²) < 4.78 is 11.9. The van der Waals surface area contributed by atoms with Gasteiger partial charge in [-0.05, 0) is 37.3 Å². The van der Waals surface area contributed by atoms with E-state index in [1.165, 1.54) is 30.5 Å². The lowest BCUT2D eigenvalue weighted by molar-refractivity contribution is -0.132. The van der Waals surface area contributed by atoms with Gasteiger partial charge in [0.1, 0.15) is 23.3 Å². The molecule has 1 N–H and O–H groups in total. The molecule has 1 atom stereocenters. The average molecular weight is 487 g/mol. The Morgan fingerprint density at radius 2 is 1.74 bits per heavy atom. The van der Waals surface area contributed by atoms with Crippen LogP contribution >= 0.6 is 11.3 Å². The van der Waals surface area contributed by atoms with Gasteiger partial charge in [0.2, 0.25) is 0 Å². The quantitative estimate of drug-likeness (QED) is 0.236. The maximum atomic E-state index is 13.4. The zero-order chi connectivity index (χ0) is 24.7. The number of aliphatic hydroxyl groups is 1. The van der Waals surface area contributed by atoms with Crippen molar-refractivity contribution in [3.05, 3.63) is 89.0 Å². The van der Waals surface area contributed by atoms with E-state index < -0.39 is 17.7 Å². The summed E-state index contributed by atoms with van der Waals surface area (Å²) in [6.45, 7) is 1.93. The topological polar surface area (TPSA) is 89.0 Å². The van der Waals surface area contributed by atoms with Crippen molar-refractivity contribution < 1.29 is 24.2 Å². The highest BCUT2D eigenvalue weighted by molar-refractivity contribution is 7.22.